The second-order valence-corrected chi connectivity index (χ2v) is 3.83. The van der Waals surface area contributed by atoms with Gasteiger partial charge in [0.15, 0.2) is 5.84 Å². The minimum atomic E-state index is 0.0699. The Bertz CT molecular complexity index is 415. The van der Waals surface area contributed by atoms with Gasteiger partial charge in [-0.2, -0.15) is 5.10 Å². The molecule has 0 amide bonds. The van der Waals surface area contributed by atoms with Gasteiger partial charge < -0.3 is 16.3 Å². The fourth-order valence-corrected chi connectivity index (χ4v) is 1.76. The lowest BCUT2D eigenvalue weighted by Crippen LogP contribution is -2.47. The van der Waals surface area contributed by atoms with Crippen LogP contribution in [0.4, 0.5) is 5.82 Å². The van der Waals surface area contributed by atoms with Crippen LogP contribution in [-0.4, -0.2) is 35.1 Å². The van der Waals surface area contributed by atoms with Crippen LogP contribution >= 0.6 is 0 Å². The van der Waals surface area contributed by atoms with E-state index in [2.05, 4.69) is 10.1 Å². The van der Waals surface area contributed by atoms with E-state index in [1.54, 1.807) is 18.2 Å². The fraction of sp³-hybridized carbons (Fsp3) is 0.400. The molecule has 0 aromatic carbocycles. The summed E-state index contributed by atoms with van der Waals surface area (Å²) in [6.45, 7) is 1.26. The SMILES string of the molecule is N/N=C(/c1cccc(N)n1)N(N)C1CCOC1. The van der Waals surface area contributed by atoms with Crippen molar-refractivity contribution in [3.05, 3.63) is 23.9 Å². The summed E-state index contributed by atoms with van der Waals surface area (Å²) in [4.78, 5) is 4.14. The Labute approximate surface area is 99.2 Å². The molecule has 2 heterocycles. The molecule has 2 rings (SSSR count). The van der Waals surface area contributed by atoms with Crippen LogP contribution in [0.15, 0.2) is 23.3 Å². The van der Waals surface area contributed by atoms with Gasteiger partial charge >= 0.3 is 0 Å². The molecule has 1 aliphatic rings. The number of hydrogen-bond acceptors (Lipinski definition) is 6. The second kappa shape index (κ2) is 4.98. The molecule has 0 aliphatic carbocycles. The second-order valence-electron chi connectivity index (χ2n) is 3.83. The van der Waals surface area contributed by atoms with E-state index in [0.717, 1.165) is 6.42 Å². The third kappa shape index (κ3) is 2.45. The summed E-state index contributed by atoms with van der Waals surface area (Å²) in [6, 6.07) is 5.30. The number of hydrogen-bond donors (Lipinski definition) is 3. The first-order valence-electron chi connectivity index (χ1n) is 5.35. The fourth-order valence-electron chi connectivity index (χ4n) is 1.76. The van der Waals surface area contributed by atoms with E-state index in [9.17, 15) is 0 Å². The molecule has 1 aromatic heterocycles. The Morgan fingerprint density at radius 3 is 2.94 bits per heavy atom. The van der Waals surface area contributed by atoms with Crippen molar-refractivity contribution >= 4 is 11.7 Å². The zero-order valence-electron chi connectivity index (χ0n) is 9.41. The van der Waals surface area contributed by atoms with Crippen LogP contribution in [0.3, 0.4) is 0 Å². The van der Waals surface area contributed by atoms with Gasteiger partial charge in [0.1, 0.15) is 11.5 Å². The molecule has 92 valence electrons. The van der Waals surface area contributed by atoms with Crippen LogP contribution in [-0.2, 0) is 4.74 Å². The van der Waals surface area contributed by atoms with Crippen LogP contribution in [0.5, 0.6) is 0 Å². The molecule has 0 bridgehead atoms. The number of rotatable bonds is 2. The maximum absolute atomic E-state index is 5.98. The van der Waals surface area contributed by atoms with Crippen LogP contribution < -0.4 is 17.4 Å². The van der Waals surface area contributed by atoms with Gasteiger partial charge in [-0.25, -0.2) is 10.8 Å². The Morgan fingerprint density at radius 2 is 2.35 bits per heavy atom. The summed E-state index contributed by atoms with van der Waals surface area (Å²) in [7, 11) is 0. The maximum Gasteiger partial charge on any atom is 0.188 e. The number of amidine groups is 1. The summed E-state index contributed by atoms with van der Waals surface area (Å²) in [5.41, 5.74) is 6.17. The first-order chi connectivity index (χ1) is 8.22. The number of ether oxygens (including phenoxy) is 1. The zero-order chi connectivity index (χ0) is 12.3. The highest BCUT2D eigenvalue weighted by atomic mass is 16.5. The van der Waals surface area contributed by atoms with E-state index in [-0.39, 0.29) is 6.04 Å². The number of hydrazine groups is 1. The van der Waals surface area contributed by atoms with E-state index in [1.165, 1.54) is 5.01 Å². The Hall–Kier alpha value is -1.86. The average molecular weight is 236 g/mol. The Kier molecular flexibility index (Phi) is 3.40. The molecular weight excluding hydrogens is 220 g/mol. The molecule has 7 nitrogen and oxygen atoms in total. The van der Waals surface area contributed by atoms with Gasteiger partial charge in [-0.15, -0.1) is 0 Å². The minimum absolute atomic E-state index is 0.0699. The van der Waals surface area contributed by atoms with Gasteiger partial charge in [0, 0.05) is 6.61 Å². The predicted octanol–water partition coefficient (Wildman–Crippen LogP) is -0.751. The van der Waals surface area contributed by atoms with Crippen LogP contribution in [0, 0.1) is 0 Å². The summed E-state index contributed by atoms with van der Waals surface area (Å²) < 4.78 is 5.27. The van der Waals surface area contributed by atoms with Crippen molar-refractivity contribution in [3.63, 3.8) is 0 Å². The van der Waals surface area contributed by atoms with Crippen molar-refractivity contribution in [1.29, 1.82) is 0 Å². The van der Waals surface area contributed by atoms with Crippen molar-refractivity contribution in [1.82, 2.24) is 9.99 Å². The Balaban J connectivity index is 2.21. The highest BCUT2D eigenvalue weighted by Gasteiger charge is 2.25. The number of anilines is 1. The van der Waals surface area contributed by atoms with Crippen molar-refractivity contribution in [2.45, 2.75) is 12.5 Å². The number of pyridine rings is 1. The molecule has 1 unspecified atom stereocenters. The number of aromatic nitrogens is 1. The van der Waals surface area contributed by atoms with Gasteiger partial charge in [0.05, 0.1) is 12.6 Å². The smallest absolute Gasteiger partial charge is 0.188 e. The minimum Gasteiger partial charge on any atom is -0.384 e. The van der Waals surface area contributed by atoms with Gasteiger partial charge in [-0.1, -0.05) is 6.07 Å². The summed E-state index contributed by atoms with van der Waals surface area (Å²) in [6.07, 6.45) is 0.845. The lowest BCUT2D eigenvalue weighted by Gasteiger charge is -2.24. The van der Waals surface area contributed by atoms with E-state index in [1.807, 2.05) is 0 Å². The maximum atomic E-state index is 5.98. The van der Waals surface area contributed by atoms with Crippen molar-refractivity contribution in [2.75, 3.05) is 18.9 Å². The molecule has 1 aromatic rings. The van der Waals surface area contributed by atoms with Crippen LogP contribution in [0.2, 0.25) is 0 Å². The summed E-state index contributed by atoms with van der Waals surface area (Å²) in [5.74, 6) is 12.2. The molecule has 0 saturated carbocycles. The highest BCUT2D eigenvalue weighted by molar-refractivity contribution is 5.96. The van der Waals surface area contributed by atoms with Crippen LogP contribution in [0.25, 0.3) is 0 Å². The third-order valence-electron chi connectivity index (χ3n) is 2.67. The van der Waals surface area contributed by atoms with Crippen molar-refractivity contribution in [2.24, 2.45) is 16.8 Å². The van der Waals surface area contributed by atoms with E-state index in [0.29, 0.717) is 30.6 Å². The van der Waals surface area contributed by atoms with Gasteiger partial charge in [0.2, 0.25) is 0 Å². The molecule has 1 saturated heterocycles. The van der Waals surface area contributed by atoms with Gasteiger partial charge in [0.25, 0.3) is 0 Å². The standard InChI is InChI=1S/C10H16N6O/c11-9-3-1-2-8(14-9)10(15-12)16(13)7-4-5-17-6-7/h1-3,7H,4-6,12-13H2,(H2,11,14)/b15-10-. The number of nitrogen functional groups attached to an aromatic ring is 1. The van der Waals surface area contributed by atoms with Crippen molar-refractivity contribution < 1.29 is 4.74 Å². The normalized spacial score (nSPS) is 20.5. The summed E-state index contributed by atoms with van der Waals surface area (Å²) >= 11 is 0. The molecule has 7 heteroatoms. The lowest BCUT2D eigenvalue weighted by atomic mass is 10.2. The predicted molar refractivity (Wildman–Crippen MR) is 64.6 cm³/mol. The van der Waals surface area contributed by atoms with Crippen molar-refractivity contribution in [3.8, 4) is 0 Å². The Morgan fingerprint density at radius 1 is 1.53 bits per heavy atom. The largest absolute Gasteiger partial charge is 0.384 e. The molecule has 6 N–H and O–H groups in total. The molecule has 0 radical (unpaired) electrons. The molecule has 0 spiro atoms. The first-order valence-corrected chi connectivity index (χ1v) is 5.35. The lowest BCUT2D eigenvalue weighted by molar-refractivity contribution is 0.174. The van der Waals surface area contributed by atoms with E-state index < -0.39 is 0 Å². The molecule has 1 atom stereocenters. The number of hydrazone groups is 1. The van der Waals surface area contributed by atoms with Crippen LogP contribution in [0.1, 0.15) is 12.1 Å². The highest BCUT2D eigenvalue weighted by Crippen LogP contribution is 2.12. The summed E-state index contributed by atoms with van der Waals surface area (Å²) in [5, 5.41) is 5.18. The third-order valence-corrected chi connectivity index (χ3v) is 2.67. The zero-order valence-corrected chi connectivity index (χ0v) is 9.41. The van der Waals surface area contributed by atoms with Gasteiger partial charge in [-0.05, 0) is 18.6 Å². The monoisotopic (exact) mass is 236 g/mol. The average Bonchev–Trinajstić information content (AvgIpc) is 2.83. The van der Waals surface area contributed by atoms with E-state index in [4.69, 9.17) is 22.2 Å². The molecule has 1 aliphatic heterocycles. The topological polar surface area (TPSA) is 116 Å². The quantitative estimate of drug-likeness (QED) is 0.269. The molecular formula is C10H16N6O. The molecule has 1 fully saturated rings. The van der Waals surface area contributed by atoms with E-state index >= 15 is 0 Å². The first kappa shape index (κ1) is 11.6. The number of nitrogens with two attached hydrogens (primary N) is 3. The van der Waals surface area contributed by atoms with Gasteiger partial charge in [-0.3, -0.25) is 5.01 Å². The number of nitrogens with zero attached hydrogens (tertiary/aromatic N) is 3. The molecule has 17 heavy (non-hydrogen) atoms.